The Labute approximate surface area is 119 Å². The summed E-state index contributed by atoms with van der Waals surface area (Å²) >= 11 is 1.54. The molecule has 1 unspecified atom stereocenters. The molecule has 1 saturated carbocycles. The number of hydrogen-bond donors (Lipinski definition) is 1. The van der Waals surface area contributed by atoms with E-state index in [4.69, 9.17) is 0 Å². The Bertz CT molecular complexity index is 523. The van der Waals surface area contributed by atoms with E-state index in [0.29, 0.717) is 19.1 Å². The maximum Gasteiger partial charge on any atom is 0.218 e. The van der Waals surface area contributed by atoms with Gasteiger partial charge in [0.15, 0.2) is 0 Å². The van der Waals surface area contributed by atoms with Crippen LogP contribution in [0.25, 0.3) is 0 Å². The minimum absolute atomic E-state index is 0.348. The number of sulfonamides is 1. The Hall–Kier alpha value is -0.500. The molecule has 108 valence electrons. The Morgan fingerprint density at radius 3 is 2.79 bits per heavy atom. The molecule has 1 fully saturated rings. The summed E-state index contributed by atoms with van der Waals surface area (Å²) in [4.78, 5) is 4.30. The van der Waals surface area contributed by atoms with Gasteiger partial charge in [0.2, 0.25) is 10.0 Å². The Balaban J connectivity index is 1.92. The largest absolute Gasteiger partial charge is 0.313 e. The van der Waals surface area contributed by atoms with E-state index >= 15 is 0 Å². The van der Waals surface area contributed by atoms with Crippen LogP contribution in [0, 0.1) is 6.92 Å². The molecule has 5 nitrogen and oxygen atoms in total. The summed E-state index contributed by atoms with van der Waals surface area (Å²) in [6.07, 6.45) is 2.33. The third-order valence-electron chi connectivity index (χ3n) is 3.27. The smallest absolute Gasteiger partial charge is 0.218 e. The van der Waals surface area contributed by atoms with E-state index in [2.05, 4.69) is 10.3 Å². The summed E-state index contributed by atoms with van der Waals surface area (Å²) in [6.45, 7) is 4.55. The Kier molecular flexibility index (Phi) is 4.60. The van der Waals surface area contributed by atoms with Crippen LogP contribution in [-0.2, 0) is 16.6 Å². The number of nitrogens with zero attached hydrogens (tertiary/aromatic N) is 2. The van der Waals surface area contributed by atoms with Gasteiger partial charge in [0.1, 0.15) is 0 Å². The normalized spacial score (nSPS) is 17.9. The number of rotatable bonds is 7. The Morgan fingerprint density at radius 1 is 1.58 bits per heavy atom. The molecule has 1 N–H and O–H groups in total. The summed E-state index contributed by atoms with van der Waals surface area (Å²) in [7, 11) is -1.64. The molecule has 1 aliphatic carbocycles. The van der Waals surface area contributed by atoms with Crippen LogP contribution < -0.4 is 5.32 Å². The maximum absolute atomic E-state index is 12.3. The molecular weight excluding hydrogens is 282 g/mol. The predicted octanol–water partition coefficient (Wildman–Crippen LogP) is 1.35. The van der Waals surface area contributed by atoms with Crippen molar-refractivity contribution in [2.24, 2.45) is 0 Å². The fourth-order valence-electron chi connectivity index (χ4n) is 1.83. The summed E-state index contributed by atoms with van der Waals surface area (Å²) in [5, 5.41) is 5.73. The molecule has 0 aromatic carbocycles. The SMILES string of the molecule is Cc1nc(CN(C)S(=O)(=O)C(C)CNC2CC2)cs1. The van der Waals surface area contributed by atoms with E-state index < -0.39 is 15.3 Å². The number of aromatic nitrogens is 1. The minimum Gasteiger partial charge on any atom is -0.313 e. The molecule has 0 spiro atoms. The zero-order chi connectivity index (χ0) is 14.0. The van der Waals surface area contributed by atoms with Crippen LogP contribution in [0.4, 0.5) is 0 Å². The van der Waals surface area contributed by atoms with Gasteiger partial charge in [0, 0.05) is 25.0 Å². The van der Waals surface area contributed by atoms with Crippen molar-refractivity contribution in [1.29, 1.82) is 0 Å². The molecule has 0 bridgehead atoms. The molecule has 1 heterocycles. The van der Waals surface area contributed by atoms with Gasteiger partial charge in [-0.15, -0.1) is 11.3 Å². The molecule has 7 heteroatoms. The van der Waals surface area contributed by atoms with Crippen LogP contribution in [0.1, 0.15) is 30.5 Å². The first-order valence-electron chi connectivity index (χ1n) is 6.49. The van der Waals surface area contributed by atoms with Crippen LogP contribution in [0.2, 0.25) is 0 Å². The lowest BCUT2D eigenvalue weighted by Crippen LogP contribution is -2.40. The average Bonchev–Trinajstić information content (AvgIpc) is 3.09. The summed E-state index contributed by atoms with van der Waals surface area (Å²) in [5.41, 5.74) is 0.816. The van der Waals surface area contributed by atoms with E-state index in [1.165, 1.54) is 17.1 Å². The first-order valence-corrected chi connectivity index (χ1v) is 8.87. The number of nitrogens with one attached hydrogen (secondary N) is 1. The molecule has 0 saturated heterocycles. The van der Waals surface area contributed by atoms with Gasteiger partial charge in [-0.2, -0.15) is 4.31 Å². The monoisotopic (exact) mass is 303 g/mol. The van der Waals surface area contributed by atoms with Gasteiger partial charge in [-0.25, -0.2) is 13.4 Å². The third kappa shape index (κ3) is 3.98. The van der Waals surface area contributed by atoms with Crippen molar-refractivity contribution >= 4 is 21.4 Å². The molecule has 1 aromatic rings. The van der Waals surface area contributed by atoms with Crippen molar-refractivity contribution in [3.63, 3.8) is 0 Å². The zero-order valence-electron chi connectivity index (χ0n) is 11.6. The Morgan fingerprint density at radius 2 is 2.26 bits per heavy atom. The first kappa shape index (κ1) is 14.9. The minimum atomic E-state index is -3.26. The van der Waals surface area contributed by atoms with Gasteiger partial charge in [0.25, 0.3) is 0 Å². The third-order valence-corrected chi connectivity index (χ3v) is 6.27. The van der Waals surface area contributed by atoms with Crippen LogP contribution in [0.3, 0.4) is 0 Å². The van der Waals surface area contributed by atoms with Crippen LogP contribution >= 0.6 is 11.3 Å². The molecule has 0 aliphatic heterocycles. The highest BCUT2D eigenvalue weighted by Crippen LogP contribution is 2.19. The van der Waals surface area contributed by atoms with E-state index in [9.17, 15) is 8.42 Å². The highest BCUT2D eigenvalue weighted by molar-refractivity contribution is 7.89. The topological polar surface area (TPSA) is 62.3 Å². The molecule has 1 aliphatic rings. The van der Waals surface area contributed by atoms with Crippen molar-refractivity contribution < 1.29 is 8.42 Å². The van der Waals surface area contributed by atoms with Crippen LogP contribution in [0.5, 0.6) is 0 Å². The quantitative estimate of drug-likeness (QED) is 0.826. The maximum atomic E-state index is 12.3. The van der Waals surface area contributed by atoms with Crippen molar-refractivity contribution in [2.45, 2.75) is 44.5 Å². The fraction of sp³-hybridized carbons (Fsp3) is 0.750. The van der Waals surface area contributed by atoms with Gasteiger partial charge >= 0.3 is 0 Å². The van der Waals surface area contributed by atoms with E-state index in [0.717, 1.165) is 10.7 Å². The highest BCUT2D eigenvalue weighted by atomic mass is 32.2. The van der Waals surface area contributed by atoms with Gasteiger partial charge < -0.3 is 5.32 Å². The predicted molar refractivity (Wildman–Crippen MR) is 77.7 cm³/mol. The standard InChI is InChI=1S/C12H21N3O2S2/c1-9(6-13-11-4-5-11)19(16,17)15(3)7-12-8-18-10(2)14-12/h8-9,11,13H,4-7H2,1-3H3. The highest BCUT2D eigenvalue weighted by Gasteiger charge is 2.29. The van der Waals surface area contributed by atoms with Crippen LogP contribution in [0.15, 0.2) is 5.38 Å². The van der Waals surface area contributed by atoms with Gasteiger partial charge in [-0.1, -0.05) is 0 Å². The van der Waals surface area contributed by atoms with Crippen molar-refractivity contribution in [3.8, 4) is 0 Å². The summed E-state index contributed by atoms with van der Waals surface area (Å²) < 4.78 is 26.1. The van der Waals surface area contributed by atoms with E-state index in [1.807, 2.05) is 12.3 Å². The molecular formula is C12H21N3O2S2. The molecule has 0 radical (unpaired) electrons. The molecule has 0 amide bonds. The molecule has 2 rings (SSSR count). The van der Waals surface area contributed by atoms with Crippen LogP contribution in [-0.4, -0.2) is 42.6 Å². The van der Waals surface area contributed by atoms with Gasteiger partial charge in [-0.3, -0.25) is 0 Å². The van der Waals surface area contributed by atoms with E-state index in [1.54, 1.807) is 25.3 Å². The molecule has 1 aromatic heterocycles. The summed E-state index contributed by atoms with van der Waals surface area (Å²) in [6, 6.07) is 0.532. The number of aryl methyl sites for hydroxylation is 1. The first-order chi connectivity index (χ1) is 8.89. The lowest BCUT2D eigenvalue weighted by molar-refractivity contribution is 0.450. The number of hydrogen-bond acceptors (Lipinski definition) is 5. The average molecular weight is 303 g/mol. The zero-order valence-corrected chi connectivity index (χ0v) is 13.2. The second-order valence-electron chi connectivity index (χ2n) is 5.15. The van der Waals surface area contributed by atoms with E-state index in [-0.39, 0.29) is 0 Å². The number of thiazole rings is 1. The van der Waals surface area contributed by atoms with Crippen molar-refractivity contribution in [1.82, 2.24) is 14.6 Å². The van der Waals surface area contributed by atoms with Crippen molar-refractivity contribution in [2.75, 3.05) is 13.6 Å². The lowest BCUT2D eigenvalue weighted by Gasteiger charge is -2.21. The fourth-order valence-corrected chi connectivity index (χ4v) is 3.67. The second kappa shape index (κ2) is 5.87. The van der Waals surface area contributed by atoms with Crippen molar-refractivity contribution in [3.05, 3.63) is 16.1 Å². The molecule has 19 heavy (non-hydrogen) atoms. The lowest BCUT2D eigenvalue weighted by atomic mass is 10.4. The van der Waals surface area contributed by atoms with Gasteiger partial charge in [-0.05, 0) is 26.7 Å². The van der Waals surface area contributed by atoms with Gasteiger partial charge in [0.05, 0.1) is 22.5 Å². The molecule has 1 atom stereocenters. The summed E-state index contributed by atoms with van der Waals surface area (Å²) in [5.74, 6) is 0. The second-order valence-corrected chi connectivity index (χ2v) is 8.67.